The summed E-state index contributed by atoms with van der Waals surface area (Å²) >= 11 is 0. The minimum atomic E-state index is -0.142. The van der Waals surface area contributed by atoms with Crippen molar-refractivity contribution in [2.45, 2.75) is 56.8 Å². The predicted molar refractivity (Wildman–Crippen MR) is 233 cm³/mol. The summed E-state index contributed by atoms with van der Waals surface area (Å²) in [5.41, 5.74) is 20.3. The van der Waals surface area contributed by atoms with Gasteiger partial charge in [-0.15, -0.1) is 0 Å². The van der Waals surface area contributed by atoms with E-state index < -0.39 is 0 Å². The number of nitrogens with zero attached hydrogens (tertiary/aromatic N) is 1. The van der Waals surface area contributed by atoms with Crippen molar-refractivity contribution >= 4 is 17.1 Å². The standard InChI is InChI=1S/C55H47N/c1-54(2)52-32-40(38-13-7-4-8-14-38)19-24-47(52)48-25-22-45(34-53(48)54)56(43-20-17-39(18-21-43)37-11-5-3-6-12-37)44-23-26-51-49(33-44)46-15-9-10-16-50(46)55(51)41-28-35-27-36(30-41)31-42(55)29-35/h3-26,32-36,41-42H,27-31H2,1-2H3. The van der Waals surface area contributed by atoms with Gasteiger partial charge in [0.1, 0.15) is 0 Å². The van der Waals surface area contributed by atoms with Crippen LogP contribution >= 0.6 is 0 Å². The smallest absolute Gasteiger partial charge is 0.0468 e. The third-order valence-corrected chi connectivity index (χ3v) is 15.1. The quantitative estimate of drug-likeness (QED) is 0.171. The molecule has 4 bridgehead atoms. The lowest BCUT2D eigenvalue weighted by Gasteiger charge is -2.61. The molecule has 1 heteroatoms. The van der Waals surface area contributed by atoms with Crippen LogP contribution in [-0.4, -0.2) is 0 Å². The van der Waals surface area contributed by atoms with Crippen LogP contribution in [-0.2, 0) is 10.8 Å². The fraction of sp³-hybridized carbons (Fsp3) is 0.236. The van der Waals surface area contributed by atoms with E-state index in [0.29, 0.717) is 0 Å². The average Bonchev–Trinajstić information content (AvgIpc) is 3.65. The lowest BCUT2D eigenvalue weighted by atomic mass is 9.43. The van der Waals surface area contributed by atoms with Gasteiger partial charge in [0.05, 0.1) is 0 Å². The molecule has 272 valence electrons. The molecule has 0 aromatic heterocycles. The number of fused-ring (bicyclic) bond motifs is 6. The van der Waals surface area contributed by atoms with E-state index in [-0.39, 0.29) is 10.8 Å². The van der Waals surface area contributed by atoms with E-state index >= 15 is 0 Å². The predicted octanol–water partition coefficient (Wildman–Crippen LogP) is 14.5. The van der Waals surface area contributed by atoms with Crippen LogP contribution in [0, 0.1) is 23.7 Å². The first-order valence-electron chi connectivity index (χ1n) is 21.0. The monoisotopic (exact) mass is 721 g/mol. The Morgan fingerprint density at radius 3 is 1.55 bits per heavy atom. The molecule has 0 amide bonds. The second-order valence-electron chi connectivity index (χ2n) is 18.2. The molecule has 0 heterocycles. The lowest BCUT2D eigenvalue weighted by molar-refractivity contribution is -0.0399. The molecule has 0 radical (unpaired) electrons. The van der Waals surface area contributed by atoms with E-state index in [1.807, 2.05) is 0 Å². The van der Waals surface area contributed by atoms with Crippen LogP contribution in [0.2, 0.25) is 0 Å². The Morgan fingerprint density at radius 1 is 0.375 bits per heavy atom. The number of benzene rings is 7. The minimum absolute atomic E-state index is 0.142. The van der Waals surface area contributed by atoms with E-state index in [1.54, 1.807) is 11.1 Å². The van der Waals surface area contributed by atoms with Gasteiger partial charge in [-0.25, -0.2) is 0 Å². The molecular formula is C55H47N. The first-order valence-corrected chi connectivity index (χ1v) is 21.0. The number of anilines is 3. The number of hydrogen-bond donors (Lipinski definition) is 0. The third kappa shape index (κ3) is 4.55. The Bertz CT molecular complexity index is 2640. The second kappa shape index (κ2) is 11.9. The van der Waals surface area contributed by atoms with Crippen molar-refractivity contribution in [2.75, 3.05) is 4.90 Å². The summed E-state index contributed by atoms with van der Waals surface area (Å²) in [6.45, 7) is 4.82. The molecular weight excluding hydrogens is 675 g/mol. The average molecular weight is 722 g/mol. The summed E-state index contributed by atoms with van der Waals surface area (Å²) in [5.74, 6) is 3.40. The highest BCUT2D eigenvalue weighted by molar-refractivity contribution is 5.90. The van der Waals surface area contributed by atoms with Gasteiger partial charge in [-0.1, -0.05) is 135 Å². The van der Waals surface area contributed by atoms with Gasteiger partial charge in [0.15, 0.2) is 0 Å². The highest BCUT2D eigenvalue weighted by Gasteiger charge is 2.61. The zero-order chi connectivity index (χ0) is 37.2. The van der Waals surface area contributed by atoms with Crippen LogP contribution in [0.4, 0.5) is 17.1 Å². The molecule has 4 saturated carbocycles. The molecule has 7 aromatic rings. The number of rotatable bonds is 5. The van der Waals surface area contributed by atoms with Gasteiger partial charge in [-0.2, -0.15) is 0 Å². The summed E-state index contributed by atoms with van der Waals surface area (Å²) in [7, 11) is 0. The van der Waals surface area contributed by atoms with Crippen LogP contribution in [0.15, 0.2) is 164 Å². The Hall–Kier alpha value is -5.66. The molecule has 4 fully saturated rings. The van der Waals surface area contributed by atoms with E-state index in [0.717, 1.165) is 23.7 Å². The maximum Gasteiger partial charge on any atom is 0.0468 e. The Balaban J connectivity index is 1.01. The van der Waals surface area contributed by atoms with Gasteiger partial charge in [0.25, 0.3) is 0 Å². The molecule has 0 unspecified atom stereocenters. The van der Waals surface area contributed by atoms with E-state index in [4.69, 9.17) is 0 Å². The SMILES string of the molecule is CC1(C)c2cc(-c3ccccc3)ccc2-c2ccc(N(c3ccc(-c4ccccc4)cc3)c3ccc4c(c3)-c3ccccc3C43C4CC5CC(C4)CC3C5)cc21. The summed E-state index contributed by atoms with van der Waals surface area (Å²) < 4.78 is 0. The van der Waals surface area contributed by atoms with E-state index in [2.05, 4.69) is 183 Å². The minimum Gasteiger partial charge on any atom is -0.310 e. The van der Waals surface area contributed by atoms with Crippen molar-refractivity contribution in [1.82, 2.24) is 0 Å². The summed E-state index contributed by atoms with van der Waals surface area (Å²) in [4.78, 5) is 2.52. The summed E-state index contributed by atoms with van der Waals surface area (Å²) in [5, 5.41) is 0. The maximum atomic E-state index is 2.57. The lowest BCUT2D eigenvalue weighted by Crippen LogP contribution is -2.55. The van der Waals surface area contributed by atoms with Crippen LogP contribution < -0.4 is 4.90 Å². The second-order valence-corrected chi connectivity index (χ2v) is 18.2. The van der Waals surface area contributed by atoms with Crippen LogP contribution in [0.5, 0.6) is 0 Å². The Morgan fingerprint density at radius 2 is 0.857 bits per heavy atom. The summed E-state index contributed by atoms with van der Waals surface area (Å²) in [6, 6.07) is 62.2. The molecule has 6 aliphatic carbocycles. The first kappa shape index (κ1) is 32.6. The van der Waals surface area contributed by atoms with Gasteiger partial charge in [-0.05, 0) is 165 Å². The molecule has 1 nitrogen and oxygen atoms in total. The van der Waals surface area contributed by atoms with Crippen molar-refractivity contribution in [2.24, 2.45) is 23.7 Å². The topological polar surface area (TPSA) is 3.24 Å². The molecule has 1 spiro atoms. The molecule has 0 N–H and O–H groups in total. The first-order chi connectivity index (χ1) is 27.5. The fourth-order valence-electron chi connectivity index (χ4n) is 12.8. The van der Waals surface area contributed by atoms with Gasteiger partial charge < -0.3 is 4.90 Å². The molecule has 7 aromatic carbocycles. The van der Waals surface area contributed by atoms with Crippen LogP contribution in [0.3, 0.4) is 0 Å². The van der Waals surface area contributed by atoms with Crippen molar-refractivity contribution in [3.8, 4) is 44.5 Å². The largest absolute Gasteiger partial charge is 0.310 e. The van der Waals surface area contributed by atoms with E-state index in [9.17, 15) is 0 Å². The van der Waals surface area contributed by atoms with Crippen molar-refractivity contribution in [3.05, 3.63) is 186 Å². The van der Waals surface area contributed by atoms with Crippen molar-refractivity contribution in [1.29, 1.82) is 0 Å². The molecule has 0 atom stereocenters. The highest BCUT2D eigenvalue weighted by atomic mass is 15.1. The third-order valence-electron chi connectivity index (χ3n) is 15.1. The maximum absolute atomic E-state index is 2.57. The zero-order valence-corrected chi connectivity index (χ0v) is 32.4. The van der Waals surface area contributed by atoms with Gasteiger partial charge in [-0.3, -0.25) is 0 Å². The zero-order valence-electron chi connectivity index (χ0n) is 32.4. The molecule has 0 aliphatic heterocycles. The number of hydrogen-bond acceptors (Lipinski definition) is 1. The molecule has 0 saturated heterocycles. The van der Waals surface area contributed by atoms with Gasteiger partial charge in [0, 0.05) is 27.9 Å². The van der Waals surface area contributed by atoms with Crippen molar-refractivity contribution in [3.63, 3.8) is 0 Å². The van der Waals surface area contributed by atoms with Gasteiger partial charge in [0.2, 0.25) is 0 Å². The van der Waals surface area contributed by atoms with Crippen molar-refractivity contribution < 1.29 is 0 Å². The van der Waals surface area contributed by atoms with Crippen LogP contribution in [0.25, 0.3) is 44.5 Å². The van der Waals surface area contributed by atoms with Gasteiger partial charge >= 0.3 is 0 Å². The van der Waals surface area contributed by atoms with Crippen LogP contribution in [0.1, 0.15) is 68.2 Å². The van der Waals surface area contributed by atoms with E-state index in [1.165, 1.54) is 105 Å². The Labute approximate surface area is 331 Å². The highest BCUT2D eigenvalue weighted by Crippen LogP contribution is 2.69. The normalized spacial score (nSPS) is 24.1. The molecule has 56 heavy (non-hydrogen) atoms. The summed E-state index contributed by atoms with van der Waals surface area (Å²) in [6.07, 6.45) is 7.10. The Kier molecular flexibility index (Phi) is 6.93. The fourth-order valence-corrected chi connectivity index (χ4v) is 12.8. The molecule has 6 aliphatic rings. The molecule has 13 rings (SSSR count).